The molecule has 28 heavy (non-hydrogen) atoms. The van der Waals surface area contributed by atoms with Crippen molar-refractivity contribution >= 4 is 0 Å². The van der Waals surface area contributed by atoms with E-state index in [9.17, 15) is 5.11 Å². The summed E-state index contributed by atoms with van der Waals surface area (Å²) in [6.45, 7) is 0. The van der Waals surface area contributed by atoms with E-state index < -0.39 is 0 Å². The van der Waals surface area contributed by atoms with Crippen molar-refractivity contribution in [2.45, 2.75) is 56.6 Å². The van der Waals surface area contributed by atoms with Gasteiger partial charge in [-0.05, 0) is 55.1 Å². The molecule has 5 rings (SSSR count). The standard InChI is InChI=1S/C25H28N2O/c28-25(20-10-6-9-19(13-14-20)18-7-2-1-3-8-18)15-23-21-11-4-5-12-22(21)24-16-26-17-27(23)24/h1-5,7-8,11-12,16-17,19-20,23,25,28H,6,9-10,13-15H2/t19-,20?,23?,25?/m1/s1. The summed E-state index contributed by atoms with van der Waals surface area (Å²) in [6.07, 6.45) is 10.3. The van der Waals surface area contributed by atoms with E-state index in [0.717, 1.165) is 19.3 Å². The lowest BCUT2D eigenvalue weighted by atomic mass is 9.87. The Morgan fingerprint density at radius 1 is 0.964 bits per heavy atom. The van der Waals surface area contributed by atoms with Crippen molar-refractivity contribution in [3.63, 3.8) is 0 Å². The molecule has 2 aliphatic rings. The highest BCUT2D eigenvalue weighted by Crippen LogP contribution is 2.43. The van der Waals surface area contributed by atoms with Crippen LogP contribution in [0.2, 0.25) is 0 Å². The van der Waals surface area contributed by atoms with Gasteiger partial charge in [-0.25, -0.2) is 4.98 Å². The number of aliphatic hydroxyl groups excluding tert-OH is 1. The first kappa shape index (κ1) is 17.7. The van der Waals surface area contributed by atoms with Gasteiger partial charge in [0.25, 0.3) is 0 Å². The van der Waals surface area contributed by atoms with Crippen LogP contribution in [0.15, 0.2) is 67.1 Å². The molecule has 4 atom stereocenters. The highest BCUT2D eigenvalue weighted by molar-refractivity contribution is 5.68. The Balaban J connectivity index is 1.29. The molecule has 0 spiro atoms. The van der Waals surface area contributed by atoms with Gasteiger partial charge >= 0.3 is 0 Å². The van der Waals surface area contributed by atoms with Crippen LogP contribution in [0.1, 0.15) is 61.6 Å². The van der Waals surface area contributed by atoms with Crippen LogP contribution < -0.4 is 0 Å². The topological polar surface area (TPSA) is 38.1 Å². The predicted molar refractivity (Wildman–Crippen MR) is 112 cm³/mol. The maximum Gasteiger partial charge on any atom is 0.0956 e. The molecule has 3 unspecified atom stereocenters. The highest BCUT2D eigenvalue weighted by atomic mass is 16.3. The lowest BCUT2D eigenvalue weighted by Gasteiger charge is -2.25. The van der Waals surface area contributed by atoms with Crippen molar-refractivity contribution in [3.8, 4) is 11.3 Å². The number of rotatable bonds is 4. The molecule has 0 radical (unpaired) electrons. The van der Waals surface area contributed by atoms with Crippen molar-refractivity contribution in [2.24, 2.45) is 5.92 Å². The molecule has 2 aromatic carbocycles. The predicted octanol–water partition coefficient (Wildman–Crippen LogP) is 5.57. The van der Waals surface area contributed by atoms with E-state index in [2.05, 4.69) is 64.1 Å². The molecule has 1 aliphatic carbocycles. The minimum absolute atomic E-state index is 0.205. The monoisotopic (exact) mass is 372 g/mol. The zero-order chi connectivity index (χ0) is 18.9. The van der Waals surface area contributed by atoms with Gasteiger partial charge in [0.05, 0.1) is 30.4 Å². The number of benzene rings is 2. The zero-order valence-electron chi connectivity index (χ0n) is 16.2. The average molecular weight is 373 g/mol. The molecule has 1 aromatic heterocycles. The third kappa shape index (κ3) is 3.18. The fourth-order valence-electron chi connectivity index (χ4n) is 5.37. The van der Waals surface area contributed by atoms with Crippen LogP contribution in [-0.4, -0.2) is 20.8 Å². The average Bonchev–Trinajstić information content (AvgIpc) is 3.22. The van der Waals surface area contributed by atoms with Crippen LogP contribution in [-0.2, 0) is 0 Å². The first-order valence-electron chi connectivity index (χ1n) is 10.7. The number of hydrogen-bond donors (Lipinski definition) is 1. The molecule has 1 aliphatic heterocycles. The molecule has 0 amide bonds. The number of hydrogen-bond acceptors (Lipinski definition) is 2. The second kappa shape index (κ2) is 7.56. The summed E-state index contributed by atoms with van der Waals surface area (Å²) in [5.74, 6) is 1.04. The molecule has 1 saturated carbocycles. The second-order valence-electron chi connectivity index (χ2n) is 8.47. The Hall–Kier alpha value is -2.39. The molecule has 1 N–H and O–H groups in total. The van der Waals surface area contributed by atoms with Crippen LogP contribution in [0.25, 0.3) is 11.3 Å². The number of fused-ring (bicyclic) bond motifs is 3. The van der Waals surface area contributed by atoms with Crippen molar-refractivity contribution in [1.29, 1.82) is 0 Å². The smallest absolute Gasteiger partial charge is 0.0956 e. The molecule has 3 nitrogen and oxygen atoms in total. The van der Waals surface area contributed by atoms with Gasteiger partial charge in [-0.3, -0.25) is 0 Å². The van der Waals surface area contributed by atoms with Gasteiger partial charge in [0.15, 0.2) is 0 Å². The molecular formula is C25H28N2O. The van der Waals surface area contributed by atoms with Crippen molar-refractivity contribution in [1.82, 2.24) is 9.55 Å². The van der Waals surface area contributed by atoms with E-state index in [0.29, 0.717) is 11.8 Å². The van der Waals surface area contributed by atoms with Gasteiger partial charge in [-0.2, -0.15) is 0 Å². The molecule has 2 heterocycles. The van der Waals surface area contributed by atoms with Gasteiger partial charge in [0, 0.05) is 5.56 Å². The first-order chi connectivity index (χ1) is 13.8. The van der Waals surface area contributed by atoms with Crippen LogP contribution in [0, 0.1) is 5.92 Å². The van der Waals surface area contributed by atoms with Crippen LogP contribution in [0.3, 0.4) is 0 Å². The van der Waals surface area contributed by atoms with E-state index in [1.807, 2.05) is 12.5 Å². The van der Waals surface area contributed by atoms with E-state index in [1.54, 1.807) is 0 Å². The summed E-state index contributed by atoms with van der Waals surface area (Å²) in [7, 11) is 0. The normalized spacial score (nSPS) is 25.0. The maximum absolute atomic E-state index is 11.2. The van der Waals surface area contributed by atoms with Crippen LogP contribution >= 0.6 is 0 Å². The minimum Gasteiger partial charge on any atom is -0.393 e. The van der Waals surface area contributed by atoms with Crippen molar-refractivity contribution < 1.29 is 5.11 Å². The van der Waals surface area contributed by atoms with E-state index in [-0.39, 0.29) is 12.1 Å². The second-order valence-corrected chi connectivity index (χ2v) is 8.47. The highest BCUT2D eigenvalue weighted by Gasteiger charge is 2.33. The Morgan fingerprint density at radius 2 is 1.79 bits per heavy atom. The lowest BCUT2D eigenvalue weighted by Crippen LogP contribution is -2.24. The molecule has 3 aromatic rings. The summed E-state index contributed by atoms with van der Waals surface area (Å²) in [6, 6.07) is 19.7. The zero-order valence-corrected chi connectivity index (χ0v) is 16.2. The summed E-state index contributed by atoms with van der Waals surface area (Å²) >= 11 is 0. The number of nitrogens with zero attached hydrogens (tertiary/aromatic N) is 2. The minimum atomic E-state index is -0.263. The fourth-order valence-corrected chi connectivity index (χ4v) is 5.37. The van der Waals surface area contributed by atoms with Crippen molar-refractivity contribution in [3.05, 3.63) is 78.2 Å². The largest absolute Gasteiger partial charge is 0.393 e. The molecular weight excluding hydrogens is 344 g/mol. The fraction of sp³-hybridized carbons (Fsp3) is 0.400. The summed E-state index contributed by atoms with van der Waals surface area (Å²) in [5, 5.41) is 11.2. The quantitative estimate of drug-likeness (QED) is 0.608. The van der Waals surface area contributed by atoms with Crippen LogP contribution in [0.4, 0.5) is 0 Å². The van der Waals surface area contributed by atoms with Crippen LogP contribution in [0.5, 0.6) is 0 Å². The third-order valence-corrected chi connectivity index (χ3v) is 6.89. The van der Waals surface area contributed by atoms with Gasteiger partial charge in [0.1, 0.15) is 0 Å². The molecule has 3 heteroatoms. The summed E-state index contributed by atoms with van der Waals surface area (Å²) in [5.41, 5.74) is 5.24. The van der Waals surface area contributed by atoms with Gasteiger partial charge in [0.2, 0.25) is 0 Å². The van der Waals surface area contributed by atoms with E-state index >= 15 is 0 Å². The number of aromatic nitrogens is 2. The van der Waals surface area contributed by atoms with Gasteiger partial charge < -0.3 is 9.67 Å². The van der Waals surface area contributed by atoms with E-state index in [1.165, 1.54) is 41.6 Å². The Kier molecular flexibility index (Phi) is 4.77. The van der Waals surface area contributed by atoms with Gasteiger partial charge in [-0.15, -0.1) is 0 Å². The Bertz CT molecular complexity index is 932. The van der Waals surface area contributed by atoms with E-state index in [4.69, 9.17) is 0 Å². The first-order valence-corrected chi connectivity index (χ1v) is 10.7. The Labute approximate surface area is 167 Å². The molecule has 0 bridgehead atoms. The summed E-state index contributed by atoms with van der Waals surface area (Å²) < 4.78 is 2.25. The lowest BCUT2D eigenvalue weighted by molar-refractivity contribution is 0.0804. The molecule has 0 saturated heterocycles. The van der Waals surface area contributed by atoms with Crippen molar-refractivity contribution in [2.75, 3.05) is 0 Å². The molecule has 144 valence electrons. The number of imidazole rings is 1. The maximum atomic E-state index is 11.2. The Morgan fingerprint density at radius 3 is 2.68 bits per heavy atom. The third-order valence-electron chi connectivity index (χ3n) is 6.89. The molecule has 1 fully saturated rings. The number of aliphatic hydroxyl groups is 1. The van der Waals surface area contributed by atoms with Gasteiger partial charge in [-0.1, -0.05) is 61.0 Å². The SMILES string of the molecule is OC(CC1c2ccccc2-c2cncn21)C1CCC[C@@H](c2ccccc2)CC1. The summed E-state index contributed by atoms with van der Waals surface area (Å²) in [4.78, 5) is 4.35.